The molecule has 0 radical (unpaired) electrons. The number of rotatable bonds is 7. The van der Waals surface area contributed by atoms with Crippen molar-refractivity contribution in [1.82, 2.24) is 9.55 Å². The van der Waals surface area contributed by atoms with E-state index in [-0.39, 0.29) is 18.4 Å². The Morgan fingerprint density at radius 3 is 2.38 bits per heavy atom. The maximum atomic E-state index is 12.4. The van der Waals surface area contributed by atoms with E-state index in [1.807, 2.05) is 0 Å². The highest BCUT2D eigenvalue weighted by Gasteiger charge is 2.50. The van der Waals surface area contributed by atoms with Crippen LogP contribution in [0.3, 0.4) is 0 Å². The van der Waals surface area contributed by atoms with Gasteiger partial charge in [0.15, 0.2) is 11.6 Å². The van der Waals surface area contributed by atoms with E-state index in [0.717, 1.165) is 18.4 Å². The van der Waals surface area contributed by atoms with Gasteiger partial charge in [-0.3, -0.25) is 18.9 Å². The van der Waals surface area contributed by atoms with E-state index in [0.29, 0.717) is 0 Å². The molecule has 0 bridgehead atoms. The van der Waals surface area contributed by atoms with Crippen molar-refractivity contribution < 1.29 is 34.0 Å². The standard InChI is InChI=1S/C17H29N2O9P/c1-6-17(5,28-29(25,26)16(3,4)24)7-10-11(20)12(21)14(27-10)19-8-9(2)13(22)18-15(19)23/h8,10-12,14,20-21,24H,6-7H2,1-5H3,(H,25,26)(H,18,22,23)/t10-,11-,12-,14-,17?/m1/s1. The van der Waals surface area contributed by atoms with Crippen LogP contribution in [0.5, 0.6) is 0 Å². The Morgan fingerprint density at radius 1 is 1.28 bits per heavy atom. The molecular weight excluding hydrogens is 407 g/mol. The summed E-state index contributed by atoms with van der Waals surface area (Å²) in [5, 5.41) is 28.7. The average Bonchev–Trinajstić information content (AvgIpc) is 2.85. The van der Waals surface area contributed by atoms with Crippen molar-refractivity contribution in [3.63, 3.8) is 0 Å². The third-order valence-corrected chi connectivity index (χ3v) is 7.25. The number of ether oxygens (including phenoxy) is 1. The van der Waals surface area contributed by atoms with Crippen LogP contribution in [-0.4, -0.2) is 59.0 Å². The van der Waals surface area contributed by atoms with Crippen molar-refractivity contribution in [2.45, 2.75) is 82.9 Å². The molecule has 1 aromatic heterocycles. The van der Waals surface area contributed by atoms with Crippen LogP contribution >= 0.6 is 7.60 Å². The van der Waals surface area contributed by atoms with Gasteiger partial charge in [0.05, 0.1) is 11.7 Å². The number of aliphatic hydroxyl groups is 3. The Labute approximate surface area is 167 Å². The number of aromatic amines is 1. The van der Waals surface area contributed by atoms with Crippen molar-refractivity contribution in [2.75, 3.05) is 0 Å². The first kappa shape index (κ1) is 23.9. The average molecular weight is 436 g/mol. The summed E-state index contributed by atoms with van der Waals surface area (Å²) in [6.45, 7) is 6.98. The summed E-state index contributed by atoms with van der Waals surface area (Å²) >= 11 is 0. The van der Waals surface area contributed by atoms with Gasteiger partial charge in [-0.25, -0.2) is 4.79 Å². The molecule has 0 amide bonds. The van der Waals surface area contributed by atoms with Gasteiger partial charge in [0.25, 0.3) is 5.56 Å². The Hall–Kier alpha value is -1.33. The molecule has 6 atom stereocenters. The maximum absolute atomic E-state index is 12.4. The van der Waals surface area contributed by atoms with Crippen molar-refractivity contribution in [3.05, 3.63) is 32.6 Å². The van der Waals surface area contributed by atoms with Crippen LogP contribution in [0.2, 0.25) is 0 Å². The van der Waals surface area contributed by atoms with Crippen LogP contribution in [0.1, 0.15) is 52.3 Å². The molecule has 2 heterocycles. The lowest BCUT2D eigenvalue weighted by atomic mass is 9.93. The van der Waals surface area contributed by atoms with Gasteiger partial charge in [-0.1, -0.05) is 6.92 Å². The van der Waals surface area contributed by atoms with E-state index in [1.165, 1.54) is 20.0 Å². The van der Waals surface area contributed by atoms with Crippen LogP contribution in [0.25, 0.3) is 0 Å². The second-order valence-electron chi connectivity index (χ2n) is 8.14. The Kier molecular flexibility index (Phi) is 6.66. The fraction of sp³-hybridized carbons (Fsp3) is 0.765. The smallest absolute Gasteiger partial charge is 0.359 e. The first-order chi connectivity index (χ1) is 13.1. The molecule has 0 aromatic carbocycles. The molecule has 29 heavy (non-hydrogen) atoms. The van der Waals surface area contributed by atoms with Gasteiger partial charge >= 0.3 is 13.3 Å². The number of nitrogens with one attached hydrogen (secondary N) is 1. The minimum Gasteiger partial charge on any atom is -0.388 e. The van der Waals surface area contributed by atoms with Crippen LogP contribution < -0.4 is 11.2 Å². The Morgan fingerprint density at radius 2 is 1.86 bits per heavy atom. The van der Waals surface area contributed by atoms with E-state index >= 15 is 0 Å². The van der Waals surface area contributed by atoms with Gasteiger partial charge in [-0.2, -0.15) is 0 Å². The molecule has 1 aliphatic heterocycles. The van der Waals surface area contributed by atoms with Crippen LogP contribution in [0.15, 0.2) is 15.8 Å². The minimum atomic E-state index is -4.44. The van der Waals surface area contributed by atoms with Crippen molar-refractivity contribution in [1.29, 1.82) is 0 Å². The van der Waals surface area contributed by atoms with Gasteiger partial charge < -0.3 is 29.5 Å². The Bertz CT molecular complexity index is 905. The highest BCUT2D eigenvalue weighted by atomic mass is 31.2. The topological polar surface area (TPSA) is 171 Å². The van der Waals surface area contributed by atoms with Gasteiger partial charge in [0.1, 0.15) is 12.2 Å². The molecule has 0 aliphatic carbocycles. The summed E-state index contributed by atoms with van der Waals surface area (Å²) in [4.78, 5) is 35.8. The third kappa shape index (κ3) is 4.88. The number of hydrogen-bond donors (Lipinski definition) is 5. The van der Waals surface area contributed by atoms with Crippen molar-refractivity contribution in [2.24, 2.45) is 0 Å². The second kappa shape index (κ2) is 8.07. The number of aromatic nitrogens is 2. The zero-order valence-corrected chi connectivity index (χ0v) is 17.9. The lowest BCUT2D eigenvalue weighted by molar-refractivity contribution is -0.0710. The number of nitrogens with zero attached hydrogens (tertiary/aromatic N) is 1. The highest BCUT2D eigenvalue weighted by Crippen LogP contribution is 2.57. The minimum absolute atomic E-state index is 0.101. The zero-order chi connectivity index (χ0) is 22.4. The maximum Gasteiger partial charge on any atom is 0.359 e. The predicted octanol–water partition coefficient (Wildman–Crippen LogP) is -0.0466. The van der Waals surface area contributed by atoms with E-state index in [2.05, 4.69) is 4.98 Å². The third-order valence-electron chi connectivity index (χ3n) is 5.17. The van der Waals surface area contributed by atoms with Gasteiger partial charge in [-0.05, 0) is 34.1 Å². The first-order valence-electron chi connectivity index (χ1n) is 9.21. The van der Waals surface area contributed by atoms with Crippen LogP contribution in [0, 0.1) is 6.92 Å². The molecule has 1 aliphatic rings. The molecule has 2 rings (SSSR count). The molecule has 0 saturated carbocycles. The highest BCUT2D eigenvalue weighted by molar-refractivity contribution is 7.54. The van der Waals surface area contributed by atoms with Gasteiger partial charge in [0, 0.05) is 18.2 Å². The van der Waals surface area contributed by atoms with Gasteiger partial charge in [0.2, 0.25) is 0 Å². The summed E-state index contributed by atoms with van der Waals surface area (Å²) in [5.41, 5.74) is -2.45. The second-order valence-corrected chi connectivity index (χ2v) is 10.5. The molecule has 11 nitrogen and oxygen atoms in total. The predicted molar refractivity (Wildman–Crippen MR) is 103 cm³/mol. The molecular formula is C17H29N2O9P. The molecule has 2 unspecified atom stereocenters. The number of hydrogen-bond acceptors (Lipinski definition) is 8. The summed E-state index contributed by atoms with van der Waals surface area (Å²) < 4.78 is 24.4. The SMILES string of the molecule is CCC(C)(C[C@H]1O[C@@H](n2cc(C)c(=O)[nH]c2=O)[C@H](O)[C@@H]1O)OP(=O)(O)C(C)(C)O. The van der Waals surface area contributed by atoms with Crippen LogP contribution in [-0.2, 0) is 13.8 Å². The lowest BCUT2D eigenvalue weighted by Gasteiger charge is -2.36. The summed E-state index contributed by atoms with van der Waals surface area (Å²) in [6, 6.07) is 0. The van der Waals surface area contributed by atoms with E-state index in [4.69, 9.17) is 9.26 Å². The largest absolute Gasteiger partial charge is 0.388 e. The number of H-pyrrole nitrogens is 1. The van der Waals surface area contributed by atoms with E-state index in [9.17, 15) is 34.4 Å². The molecule has 5 N–H and O–H groups in total. The molecule has 0 spiro atoms. The van der Waals surface area contributed by atoms with E-state index < -0.39 is 54.3 Å². The van der Waals surface area contributed by atoms with Gasteiger partial charge in [-0.15, -0.1) is 0 Å². The molecule has 1 fully saturated rings. The molecule has 166 valence electrons. The number of aryl methyl sites for hydroxylation is 1. The monoisotopic (exact) mass is 436 g/mol. The lowest BCUT2D eigenvalue weighted by Crippen LogP contribution is -2.40. The van der Waals surface area contributed by atoms with Crippen molar-refractivity contribution in [3.8, 4) is 0 Å². The first-order valence-corrected chi connectivity index (χ1v) is 10.8. The summed E-state index contributed by atoms with van der Waals surface area (Å²) in [6.07, 6.45) is -3.87. The molecule has 1 saturated heterocycles. The van der Waals surface area contributed by atoms with Crippen molar-refractivity contribution >= 4 is 7.60 Å². The quantitative estimate of drug-likeness (QED) is 0.368. The zero-order valence-electron chi connectivity index (χ0n) is 17.0. The summed E-state index contributed by atoms with van der Waals surface area (Å²) in [7, 11) is -4.44. The van der Waals surface area contributed by atoms with E-state index in [1.54, 1.807) is 6.92 Å². The summed E-state index contributed by atoms with van der Waals surface area (Å²) in [5.74, 6) is 0. The van der Waals surface area contributed by atoms with Crippen LogP contribution in [0.4, 0.5) is 0 Å². The Balaban J connectivity index is 2.28. The number of aliphatic hydroxyl groups excluding tert-OH is 2. The molecule has 1 aromatic rings. The molecule has 12 heteroatoms. The fourth-order valence-electron chi connectivity index (χ4n) is 2.98. The fourth-order valence-corrected chi connectivity index (χ4v) is 4.01. The normalized spacial score (nSPS) is 29.4.